The molecule has 0 amide bonds. The van der Waals surface area contributed by atoms with Gasteiger partial charge in [-0.05, 0) is 11.6 Å². The van der Waals surface area contributed by atoms with Crippen molar-refractivity contribution in [3.8, 4) is 5.75 Å². The van der Waals surface area contributed by atoms with Gasteiger partial charge in [0.2, 0.25) is 0 Å². The fourth-order valence-corrected chi connectivity index (χ4v) is 3.49. The van der Waals surface area contributed by atoms with Crippen LogP contribution in [0.5, 0.6) is 5.75 Å². The summed E-state index contributed by atoms with van der Waals surface area (Å²) >= 11 is 0. The van der Waals surface area contributed by atoms with Crippen molar-refractivity contribution < 1.29 is 37.4 Å². The van der Waals surface area contributed by atoms with E-state index in [4.69, 9.17) is 4.74 Å². The van der Waals surface area contributed by atoms with Gasteiger partial charge in [-0.3, -0.25) is 0 Å². The van der Waals surface area contributed by atoms with Gasteiger partial charge in [-0.2, -0.15) is 24.6 Å². The zero-order chi connectivity index (χ0) is 15.6. The third kappa shape index (κ3) is 3.29. The van der Waals surface area contributed by atoms with Gasteiger partial charge < -0.3 is 4.74 Å². The Kier molecular flexibility index (Phi) is 5.43. The van der Waals surface area contributed by atoms with Crippen LogP contribution in [0.3, 0.4) is 0 Å². The number of hydrogen-bond donors (Lipinski definition) is 0. The number of rotatable bonds is 2. The molecular formula is C22H19OY-. The molecule has 2 unspecified atom stereocenters. The van der Waals surface area contributed by atoms with Crippen LogP contribution in [-0.2, 0) is 32.7 Å². The standard InChI is InChI=1S/C22H19O.Y/c1-16-11-13-18(14-12-16)22-19-9-5-6-10-21(19)23-15-20(22)17-7-3-2-4-8-17;/h2-14,20,22H,1,15H2;/q-1;. The Labute approximate surface area is 168 Å². The summed E-state index contributed by atoms with van der Waals surface area (Å²) in [4.78, 5) is 0. The van der Waals surface area contributed by atoms with Crippen molar-refractivity contribution in [2.45, 2.75) is 11.8 Å². The summed E-state index contributed by atoms with van der Waals surface area (Å²) in [7, 11) is 0. The summed E-state index contributed by atoms with van der Waals surface area (Å²) in [6.45, 7) is 4.71. The number of ether oxygens (including phenoxy) is 1. The first-order valence-corrected chi connectivity index (χ1v) is 8.01. The van der Waals surface area contributed by atoms with Gasteiger partial charge in [0.05, 0.1) is 6.61 Å². The second-order valence-electron chi connectivity index (χ2n) is 6.09. The Balaban J connectivity index is 0.00000169. The number of hydrogen-bond acceptors (Lipinski definition) is 1. The fraction of sp³-hybridized carbons (Fsp3) is 0.136. The van der Waals surface area contributed by atoms with Crippen molar-refractivity contribution >= 4 is 0 Å². The molecule has 1 nitrogen and oxygen atoms in total. The van der Waals surface area contributed by atoms with E-state index >= 15 is 0 Å². The summed E-state index contributed by atoms with van der Waals surface area (Å²) in [6.07, 6.45) is 0. The summed E-state index contributed by atoms with van der Waals surface area (Å²) in [5, 5.41) is 0. The maximum Gasteiger partial charge on any atom is 0.123 e. The first-order chi connectivity index (χ1) is 11.3. The van der Waals surface area contributed by atoms with Gasteiger partial charge in [0.1, 0.15) is 5.75 Å². The molecule has 1 radical (unpaired) electrons. The van der Waals surface area contributed by atoms with Gasteiger partial charge >= 0.3 is 0 Å². The topological polar surface area (TPSA) is 9.23 Å². The van der Waals surface area contributed by atoms with E-state index in [2.05, 4.69) is 79.7 Å². The van der Waals surface area contributed by atoms with Gasteiger partial charge in [0, 0.05) is 50.1 Å². The molecule has 0 saturated heterocycles. The van der Waals surface area contributed by atoms with Gasteiger partial charge in [-0.15, -0.1) is 12.1 Å². The van der Waals surface area contributed by atoms with Gasteiger partial charge in [-0.25, -0.2) is 0 Å². The van der Waals surface area contributed by atoms with E-state index < -0.39 is 0 Å². The molecule has 0 saturated carbocycles. The van der Waals surface area contributed by atoms with E-state index in [-0.39, 0.29) is 32.7 Å². The van der Waals surface area contributed by atoms with Crippen molar-refractivity contribution in [1.82, 2.24) is 0 Å². The molecule has 0 N–H and O–H groups in total. The van der Waals surface area contributed by atoms with Crippen LogP contribution in [-0.4, -0.2) is 6.61 Å². The van der Waals surface area contributed by atoms with Gasteiger partial charge in [0.15, 0.2) is 0 Å². The SMILES string of the molecule is [CH2-]c1ccc(C2c3ccccc3OCC2c2ccccc2)cc1.[Y]. The van der Waals surface area contributed by atoms with Crippen LogP contribution in [0.1, 0.15) is 34.1 Å². The van der Waals surface area contributed by atoms with E-state index in [1.165, 1.54) is 16.7 Å². The Morgan fingerprint density at radius 3 is 2.17 bits per heavy atom. The maximum atomic E-state index is 6.05. The molecule has 117 valence electrons. The molecule has 0 fully saturated rings. The van der Waals surface area contributed by atoms with Crippen LogP contribution < -0.4 is 4.74 Å². The van der Waals surface area contributed by atoms with E-state index in [0.717, 1.165) is 11.3 Å². The Bertz CT molecular complexity index is 796. The van der Waals surface area contributed by atoms with Crippen LogP contribution in [0.25, 0.3) is 0 Å². The first kappa shape index (κ1) is 17.3. The summed E-state index contributed by atoms with van der Waals surface area (Å²) in [5.41, 5.74) is 4.96. The second-order valence-corrected chi connectivity index (χ2v) is 6.09. The number of para-hydroxylation sites is 1. The molecule has 0 aliphatic carbocycles. The molecule has 2 heteroatoms. The molecule has 1 aliphatic rings. The Hall–Kier alpha value is -1.57. The van der Waals surface area contributed by atoms with Crippen molar-refractivity contribution in [2.75, 3.05) is 6.61 Å². The third-order valence-corrected chi connectivity index (χ3v) is 4.64. The van der Waals surface area contributed by atoms with Crippen LogP contribution in [0.2, 0.25) is 0 Å². The van der Waals surface area contributed by atoms with E-state index in [1.54, 1.807) is 0 Å². The molecule has 0 spiro atoms. The zero-order valence-electron chi connectivity index (χ0n) is 13.6. The molecule has 0 bridgehead atoms. The van der Waals surface area contributed by atoms with Crippen molar-refractivity contribution in [1.29, 1.82) is 0 Å². The molecule has 2 atom stereocenters. The summed E-state index contributed by atoms with van der Waals surface area (Å²) < 4.78 is 6.05. The van der Waals surface area contributed by atoms with E-state index in [0.29, 0.717) is 18.4 Å². The van der Waals surface area contributed by atoms with Crippen molar-refractivity contribution in [3.05, 3.63) is 108 Å². The third-order valence-electron chi connectivity index (χ3n) is 4.64. The predicted octanol–water partition coefficient (Wildman–Crippen LogP) is 5.17. The minimum atomic E-state index is 0. The van der Waals surface area contributed by atoms with Crippen LogP contribution in [0.15, 0.2) is 78.9 Å². The molecule has 24 heavy (non-hydrogen) atoms. The van der Waals surface area contributed by atoms with Crippen LogP contribution in [0, 0.1) is 6.92 Å². The van der Waals surface area contributed by atoms with Gasteiger partial charge in [0.25, 0.3) is 0 Å². The molecule has 1 heterocycles. The molecule has 0 aromatic heterocycles. The van der Waals surface area contributed by atoms with Crippen molar-refractivity contribution in [3.63, 3.8) is 0 Å². The summed E-state index contributed by atoms with van der Waals surface area (Å²) in [6, 6.07) is 27.6. The quantitative estimate of drug-likeness (QED) is 0.550. The molecular weight excluding hydrogens is 369 g/mol. The normalized spacial score (nSPS) is 18.8. The first-order valence-electron chi connectivity index (χ1n) is 8.01. The van der Waals surface area contributed by atoms with Crippen LogP contribution in [0.4, 0.5) is 0 Å². The zero-order valence-corrected chi connectivity index (χ0v) is 16.4. The number of benzene rings is 3. The second kappa shape index (κ2) is 7.55. The minimum absolute atomic E-state index is 0. The molecule has 3 aromatic rings. The van der Waals surface area contributed by atoms with E-state index in [9.17, 15) is 0 Å². The predicted molar refractivity (Wildman–Crippen MR) is 93.9 cm³/mol. The maximum absolute atomic E-state index is 6.05. The number of fused-ring (bicyclic) bond motifs is 1. The molecule has 1 aliphatic heterocycles. The summed E-state index contributed by atoms with van der Waals surface area (Å²) in [5.74, 6) is 1.63. The van der Waals surface area contributed by atoms with E-state index in [1.807, 2.05) is 6.07 Å². The average Bonchev–Trinajstić information content (AvgIpc) is 2.62. The molecule has 4 rings (SSSR count). The van der Waals surface area contributed by atoms with Gasteiger partial charge in [-0.1, -0.05) is 54.1 Å². The molecule has 3 aromatic carbocycles. The largest absolute Gasteiger partial charge is 0.493 e. The Morgan fingerprint density at radius 1 is 0.750 bits per heavy atom. The van der Waals surface area contributed by atoms with Crippen molar-refractivity contribution in [2.24, 2.45) is 0 Å². The minimum Gasteiger partial charge on any atom is -0.493 e. The van der Waals surface area contributed by atoms with Crippen LogP contribution >= 0.6 is 0 Å². The Morgan fingerprint density at radius 2 is 1.42 bits per heavy atom. The average molecular weight is 388 g/mol. The fourth-order valence-electron chi connectivity index (χ4n) is 3.49. The monoisotopic (exact) mass is 388 g/mol. The smallest absolute Gasteiger partial charge is 0.123 e.